The minimum atomic E-state index is 0.690. The molecule has 1 nitrogen and oxygen atoms in total. The van der Waals surface area contributed by atoms with Crippen molar-refractivity contribution in [1.29, 1.82) is 5.26 Å². The fraction of sp³-hybridized carbons (Fsp3) is 0. The fourth-order valence-electron chi connectivity index (χ4n) is 8.28. The van der Waals surface area contributed by atoms with E-state index in [1.165, 1.54) is 95.9 Å². The summed E-state index contributed by atoms with van der Waals surface area (Å²) in [7, 11) is 0. The van der Waals surface area contributed by atoms with Crippen LogP contribution in [-0.2, 0) is 0 Å². The highest BCUT2D eigenvalue weighted by Gasteiger charge is 2.17. The summed E-state index contributed by atoms with van der Waals surface area (Å²) in [6, 6.07) is 57.9. The maximum Gasteiger partial charge on any atom is 0.0991 e. The van der Waals surface area contributed by atoms with E-state index in [0.717, 1.165) is 10.8 Å². The highest BCUT2D eigenvalue weighted by molar-refractivity contribution is 7.27. The largest absolute Gasteiger partial charge is 0.192 e. The van der Waals surface area contributed by atoms with Crippen molar-refractivity contribution in [2.24, 2.45) is 0 Å². The summed E-state index contributed by atoms with van der Waals surface area (Å²) in [6.07, 6.45) is 0. The van der Waals surface area contributed by atoms with Crippen LogP contribution in [0, 0.1) is 11.3 Å². The molecule has 0 aliphatic rings. The van der Waals surface area contributed by atoms with E-state index in [-0.39, 0.29) is 0 Å². The molecule has 224 valence electrons. The van der Waals surface area contributed by atoms with Gasteiger partial charge in [0.2, 0.25) is 0 Å². The molecule has 0 fully saturated rings. The lowest BCUT2D eigenvalue weighted by molar-refractivity contribution is 1.50. The van der Waals surface area contributed by atoms with Crippen LogP contribution in [0.3, 0.4) is 0 Å². The quantitative estimate of drug-likeness (QED) is 0.130. The Kier molecular flexibility index (Phi) is 5.39. The molecule has 0 radical (unpaired) electrons. The first-order valence-corrected chi connectivity index (χ1v) is 17.5. The van der Waals surface area contributed by atoms with Crippen LogP contribution in [0.1, 0.15) is 5.56 Å². The van der Waals surface area contributed by atoms with Gasteiger partial charge in [-0.1, -0.05) is 109 Å². The molecule has 0 saturated heterocycles. The number of hydrogen-bond acceptors (Lipinski definition) is 2. The Morgan fingerprint density at radius 2 is 0.939 bits per heavy atom. The normalized spacial score (nSPS) is 12.1. The topological polar surface area (TPSA) is 23.8 Å². The molecular weight excluding hydrogens is 611 g/mol. The Bertz CT molecular complexity index is 3260. The summed E-state index contributed by atoms with van der Waals surface area (Å²) in [5.41, 5.74) is 3.10. The van der Waals surface area contributed by atoms with E-state index < -0.39 is 0 Å². The predicted octanol–water partition coefficient (Wildman–Crippen LogP) is 13.7. The molecule has 1 heterocycles. The summed E-state index contributed by atoms with van der Waals surface area (Å²) in [6.45, 7) is 0. The summed E-state index contributed by atoms with van der Waals surface area (Å²) in [5, 5.41) is 29.7. The standard InChI is InChI=1S/C47H25NS/c48-26-27-9-10-30-24-34-22-29(11-12-31(34)23-33(30)21-27)32-14-15-38-41-17-18-42-45-40-16-13-28-5-1-2-6-35(28)37(40)19-20-44(45)49-47(42)46(41)39-8-4-3-7-36(39)43(38)25-32/h1-25H. The SMILES string of the molecule is N#Cc1ccc2cc3cc(-c4ccc5c(c4)c4ccccc4c4c5ccc5c4sc4ccc6c7ccccc7ccc6c45)ccc3cc2c1. The van der Waals surface area contributed by atoms with Crippen LogP contribution >= 0.6 is 11.3 Å². The van der Waals surface area contributed by atoms with Gasteiger partial charge in [-0.05, 0) is 124 Å². The first-order chi connectivity index (χ1) is 24.2. The van der Waals surface area contributed by atoms with Gasteiger partial charge in [-0.25, -0.2) is 0 Å². The molecule has 0 aliphatic heterocycles. The Balaban J connectivity index is 1.15. The number of hydrogen-bond donors (Lipinski definition) is 0. The second kappa shape index (κ2) is 9.87. The number of rotatable bonds is 1. The van der Waals surface area contributed by atoms with Crippen molar-refractivity contribution in [3.63, 3.8) is 0 Å². The van der Waals surface area contributed by atoms with Crippen molar-refractivity contribution in [3.8, 4) is 17.2 Å². The molecule has 1 aromatic heterocycles. The molecule has 2 heteroatoms. The average molecular weight is 636 g/mol. The molecule has 11 rings (SSSR count). The Hall–Kier alpha value is -6.27. The van der Waals surface area contributed by atoms with Crippen LogP contribution in [0.5, 0.6) is 0 Å². The van der Waals surface area contributed by atoms with Gasteiger partial charge in [0.25, 0.3) is 0 Å². The molecule has 11 aromatic rings. The van der Waals surface area contributed by atoms with Crippen LogP contribution in [-0.4, -0.2) is 0 Å². The van der Waals surface area contributed by atoms with E-state index in [2.05, 4.69) is 140 Å². The van der Waals surface area contributed by atoms with Gasteiger partial charge in [-0.3, -0.25) is 0 Å². The first kappa shape index (κ1) is 26.8. The minimum Gasteiger partial charge on any atom is -0.192 e. The number of fused-ring (bicyclic) bond motifs is 16. The van der Waals surface area contributed by atoms with E-state index in [0.29, 0.717) is 5.56 Å². The number of benzene rings is 10. The molecule has 0 bridgehead atoms. The second-order valence-electron chi connectivity index (χ2n) is 13.2. The Labute approximate surface area is 285 Å². The molecule has 0 spiro atoms. The van der Waals surface area contributed by atoms with Crippen LogP contribution in [0.15, 0.2) is 152 Å². The van der Waals surface area contributed by atoms with Gasteiger partial charge in [0.15, 0.2) is 0 Å². The van der Waals surface area contributed by atoms with Gasteiger partial charge in [0, 0.05) is 25.6 Å². The van der Waals surface area contributed by atoms with Gasteiger partial charge < -0.3 is 0 Å². The third kappa shape index (κ3) is 3.80. The highest BCUT2D eigenvalue weighted by Crippen LogP contribution is 2.47. The zero-order valence-corrected chi connectivity index (χ0v) is 27.1. The molecule has 10 aromatic carbocycles. The lowest BCUT2D eigenvalue weighted by atomic mass is 9.90. The zero-order valence-electron chi connectivity index (χ0n) is 26.3. The van der Waals surface area contributed by atoms with E-state index in [4.69, 9.17) is 0 Å². The average Bonchev–Trinajstić information content (AvgIpc) is 3.55. The van der Waals surface area contributed by atoms with Crippen molar-refractivity contribution >= 4 is 107 Å². The minimum absolute atomic E-state index is 0.690. The molecule has 0 N–H and O–H groups in total. The van der Waals surface area contributed by atoms with Crippen molar-refractivity contribution in [3.05, 3.63) is 157 Å². The fourth-order valence-corrected chi connectivity index (χ4v) is 9.56. The monoisotopic (exact) mass is 635 g/mol. The smallest absolute Gasteiger partial charge is 0.0991 e. The Morgan fingerprint density at radius 1 is 0.367 bits per heavy atom. The maximum atomic E-state index is 9.36. The first-order valence-electron chi connectivity index (χ1n) is 16.6. The number of thiophene rings is 1. The highest BCUT2D eigenvalue weighted by atomic mass is 32.1. The maximum absolute atomic E-state index is 9.36. The van der Waals surface area contributed by atoms with Crippen molar-refractivity contribution in [2.75, 3.05) is 0 Å². The molecular formula is C47H25NS. The van der Waals surface area contributed by atoms with Gasteiger partial charge in [-0.2, -0.15) is 5.26 Å². The van der Waals surface area contributed by atoms with Crippen LogP contribution in [0.25, 0.3) is 107 Å². The van der Waals surface area contributed by atoms with Gasteiger partial charge >= 0.3 is 0 Å². The molecule has 0 unspecified atom stereocenters. The third-order valence-corrected chi connectivity index (χ3v) is 11.8. The third-order valence-electron chi connectivity index (χ3n) is 10.6. The number of nitriles is 1. The van der Waals surface area contributed by atoms with Gasteiger partial charge in [-0.15, -0.1) is 11.3 Å². The zero-order chi connectivity index (χ0) is 32.2. The molecule has 0 amide bonds. The van der Waals surface area contributed by atoms with E-state index in [9.17, 15) is 5.26 Å². The summed E-state index contributed by atoms with van der Waals surface area (Å²) in [5.74, 6) is 0. The van der Waals surface area contributed by atoms with Crippen molar-refractivity contribution in [1.82, 2.24) is 0 Å². The van der Waals surface area contributed by atoms with Gasteiger partial charge in [0.05, 0.1) is 11.6 Å². The Morgan fingerprint density at radius 3 is 1.82 bits per heavy atom. The molecule has 49 heavy (non-hydrogen) atoms. The molecule has 0 saturated carbocycles. The van der Waals surface area contributed by atoms with Crippen molar-refractivity contribution in [2.45, 2.75) is 0 Å². The summed E-state index contributed by atoms with van der Waals surface area (Å²) < 4.78 is 2.69. The van der Waals surface area contributed by atoms with E-state index in [1.807, 2.05) is 29.5 Å². The van der Waals surface area contributed by atoms with E-state index in [1.54, 1.807) is 0 Å². The lowest BCUT2D eigenvalue weighted by Gasteiger charge is -2.13. The number of nitrogens with zero attached hydrogens (tertiary/aromatic N) is 1. The summed E-state index contributed by atoms with van der Waals surface area (Å²) in [4.78, 5) is 0. The predicted molar refractivity (Wildman–Crippen MR) is 212 cm³/mol. The lowest BCUT2D eigenvalue weighted by Crippen LogP contribution is -1.86. The van der Waals surface area contributed by atoms with Crippen molar-refractivity contribution < 1.29 is 0 Å². The molecule has 0 atom stereocenters. The molecule has 0 aliphatic carbocycles. The van der Waals surface area contributed by atoms with Crippen LogP contribution in [0.4, 0.5) is 0 Å². The van der Waals surface area contributed by atoms with Crippen LogP contribution < -0.4 is 0 Å². The van der Waals surface area contributed by atoms with Crippen LogP contribution in [0.2, 0.25) is 0 Å². The van der Waals surface area contributed by atoms with Gasteiger partial charge in [0.1, 0.15) is 0 Å². The summed E-state index contributed by atoms with van der Waals surface area (Å²) >= 11 is 1.92. The van der Waals surface area contributed by atoms with E-state index >= 15 is 0 Å². The second-order valence-corrected chi connectivity index (χ2v) is 14.2.